The second kappa shape index (κ2) is 8.60. The Morgan fingerprint density at radius 2 is 1.69 bits per heavy atom. The molecule has 8 heteroatoms. The van der Waals surface area contributed by atoms with Gasteiger partial charge in [0.25, 0.3) is 5.69 Å². The van der Waals surface area contributed by atoms with Gasteiger partial charge in [-0.1, -0.05) is 42.5 Å². The van der Waals surface area contributed by atoms with Crippen LogP contribution >= 0.6 is 0 Å². The lowest BCUT2D eigenvalue weighted by Crippen LogP contribution is -2.11. The molecule has 0 aromatic heterocycles. The maximum atomic E-state index is 12.9. The van der Waals surface area contributed by atoms with Gasteiger partial charge in [-0.2, -0.15) is 8.42 Å². The molecule has 4 aromatic rings. The fourth-order valence-electron chi connectivity index (χ4n) is 3.23. The first-order chi connectivity index (χ1) is 15.3. The summed E-state index contributed by atoms with van der Waals surface area (Å²) < 4.78 is 31.2. The summed E-state index contributed by atoms with van der Waals surface area (Å²) in [6, 6.07) is 23.0. The van der Waals surface area contributed by atoms with E-state index in [1.54, 1.807) is 18.3 Å². The topological polar surface area (TPSA) is 98.9 Å². The van der Waals surface area contributed by atoms with Gasteiger partial charge in [0.2, 0.25) is 0 Å². The lowest BCUT2D eigenvalue weighted by molar-refractivity contribution is -0.384. The standard InChI is InChI=1S/C24H18N2O5S/c1-17-5-4-7-19(15-17)25-16-23-22-8-3-2-6-18(22)9-14-24(23)31-32(29,30)21-12-10-20(11-13-21)26(27)28/h2-16H,1H3. The fraction of sp³-hybridized carbons (Fsp3) is 0.0417. The van der Waals surface area contributed by atoms with Crippen LogP contribution in [0.4, 0.5) is 11.4 Å². The molecule has 0 aliphatic heterocycles. The summed E-state index contributed by atoms with van der Waals surface area (Å²) in [5.41, 5.74) is 2.08. The highest BCUT2D eigenvalue weighted by Crippen LogP contribution is 2.30. The summed E-state index contributed by atoms with van der Waals surface area (Å²) in [5, 5.41) is 12.5. The Morgan fingerprint density at radius 3 is 2.41 bits per heavy atom. The molecule has 0 bridgehead atoms. The first kappa shape index (κ1) is 21.2. The Hall–Kier alpha value is -4.04. The summed E-state index contributed by atoms with van der Waals surface area (Å²) in [6.07, 6.45) is 1.58. The predicted molar refractivity (Wildman–Crippen MR) is 123 cm³/mol. The number of aliphatic imine (C=N–C) groups is 1. The summed E-state index contributed by atoms with van der Waals surface area (Å²) in [5.74, 6) is 0.110. The normalized spacial score (nSPS) is 11.7. The highest BCUT2D eigenvalue weighted by atomic mass is 32.2. The number of benzene rings is 4. The third-order valence-corrected chi connectivity index (χ3v) is 6.06. The number of hydrogen-bond donors (Lipinski definition) is 0. The zero-order valence-corrected chi connectivity index (χ0v) is 17.8. The second-order valence-corrected chi connectivity index (χ2v) is 8.63. The van der Waals surface area contributed by atoms with E-state index in [9.17, 15) is 18.5 Å². The van der Waals surface area contributed by atoms with Crippen molar-refractivity contribution in [2.45, 2.75) is 11.8 Å². The van der Waals surface area contributed by atoms with Gasteiger partial charge in [0, 0.05) is 23.9 Å². The molecular formula is C24H18N2O5S. The van der Waals surface area contributed by atoms with Crippen LogP contribution in [-0.2, 0) is 10.1 Å². The highest BCUT2D eigenvalue weighted by Gasteiger charge is 2.20. The minimum atomic E-state index is -4.22. The van der Waals surface area contributed by atoms with Gasteiger partial charge < -0.3 is 4.18 Å². The van der Waals surface area contributed by atoms with Crippen LogP contribution in [0, 0.1) is 17.0 Å². The van der Waals surface area contributed by atoms with Crippen molar-refractivity contribution in [3.05, 3.63) is 106 Å². The number of nitro benzene ring substituents is 1. The molecule has 160 valence electrons. The van der Waals surface area contributed by atoms with Crippen molar-refractivity contribution in [2.24, 2.45) is 4.99 Å². The van der Waals surface area contributed by atoms with Gasteiger partial charge in [0.1, 0.15) is 4.90 Å². The molecule has 0 heterocycles. The molecule has 0 saturated heterocycles. The van der Waals surface area contributed by atoms with Crippen LogP contribution < -0.4 is 4.18 Å². The average Bonchev–Trinajstić information content (AvgIpc) is 2.78. The summed E-state index contributed by atoms with van der Waals surface area (Å²) in [6.45, 7) is 1.96. The van der Waals surface area contributed by atoms with Crippen molar-refractivity contribution >= 4 is 38.5 Å². The monoisotopic (exact) mass is 446 g/mol. The van der Waals surface area contributed by atoms with Gasteiger partial charge in [-0.15, -0.1) is 0 Å². The molecule has 0 aliphatic rings. The van der Waals surface area contributed by atoms with Crippen LogP contribution in [-0.4, -0.2) is 19.6 Å². The maximum absolute atomic E-state index is 12.9. The Bertz CT molecular complexity index is 1450. The third-order valence-electron chi connectivity index (χ3n) is 4.81. The molecule has 0 saturated carbocycles. The van der Waals surface area contributed by atoms with Crippen LogP contribution in [0.1, 0.15) is 11.1 Å². The number of non-ortho nitro benzene ring substituents is 1. The number of rotatable bonds is 6. The molecule has 0 aliphatic carbocycles. The van der Waals surface area contributed by atoms with Crippen molar-refractivity contribution in [3.63, 3.8) is 0 Å². The van der Waals surface area contributed by atoms with Crippen LogP contribution in [0.2, 0.25) is 0 Å². The molecule has 4 aromatic carbocycles. The zero-order chi connectivity index (χ0) is 22.7. The second-order valence-electron chi connectivity index (χ2n) is 7.08. The smallest absolute Gasteiger partial charge is 0.339 e. The van der Waals surface area contributed by atoms with Crippen LogP contribution in [0.15, 0.2) is 94.8 Å². The SMILES string of the molecule is Cc1cccc(N=Cc2c(OS(=O)(=O)c3ccc([N+](=O)[O-])cc3)ccc3ccccc23)c1. The van der Waals surface area contributed by atoms with Crippen molar-refractivity contribution < 1.29 is 17.5 Å². The zero-order valence-electron chi connectivity index (χ0n) is 17.0. The van der Waals surface area contributed by atoms with Crippen LogP contribution in [0.5, 0.6) is 5.75 Å². The number of hydrogen-bond acceptors (Lipinski definition) is 6. The van der Waals surface area contributed by atoms with E-state index in [1.807, 2.05) is 55.5 Å². The van der Waals surface area contributed by atoms with E-state index >= 15 is 0 Å². The van der Waals surface area contributed by atoms with Gasteiger partial charge >= 0.3 is 10.1 Å². The van der Waals surface area contributed by atoms with Crippen LogP contribution in [0.3, 0.4) is 0 Å². The van der Waals surface area contributed by atoms with E-state index in [2.05, 4.69) is 4.99 Å². The van der Waals surface area contributed by atoms with Gasteiger partial charge in [-0.05, 0) is 53.6 Å². The molecule has 4 rings (SSSR count). The molecule has 0 amide bonds. The maximum Gasteiger partial charge on any atom is 0.339 e. The molecular weight excluding hydrogens is 428 g/mol. The highest BCUT2D eigenvalue weighted by molar-refractivity contribution is 7.87. The largest absolute Gasteiger partial charge is 0.378 e. The Kier molecular flexibility index (Phi) is 5.70. The van der Waals surface area contributed by atoms with E-state index < -0.39 is 15.0 Å². The Labute approximate surface area is 184 Å². The van der Waals surface area contributed by atoms with E-state index in [1.165, 1.54) is 0 Å². The van der Waals surface area contributed by atoms with Gasteiger partial charge in [-0.3, -0.25) is 15.1 Å². The molecule has 0 fully saturated rings. The van der Waals surface area contributed by atoms with Crippen molar-refractivity contribution in [3.8, 4) is 5.75 Å². The number of aryl methyl sites for hydroxylation is 1. The molecule has 0 unspecified atom stereocenters. The lowest BCUT2D eigenvalue weighted by atomic mass is 10.0. The van der Waals surface area contributed by atoms with Gasteiger partial charge in [-0.25, -0.2) is 0 Å². The van der Waals surface area contributed by atoms with Gasteiger partial charge in [0.15, 0.2) is 5.75 Å². The minimum Gasteiger partial charge on any atom is -0.378 e. The lowest BCUT2D eigenvalue weighted by Gasteiger charge is -2.12. The number of nitro groups is 1. The first-order valence-electron chi connectivity index (χ1n) is 9.65. The molecule has 32 heavy (non-hydrogen) atoms. The van der Waals surface area contributed by atoms with Crippen molar-refractivity contribution in [1.82, 2.24) is 0 Å². The van der Waals surface area contributed by atoms with Gasteiger partial charge in [0.05, 0.1) is 10.6 Å². The average molecular weight is 446 g/mol. The fourth-order valence-corrected chi connectivity index (χ4v) is 4.18. The van der Waals surface area contributed by atoms with Crippen molar-refractivity contribution in [1.29, 1.82) is 0 Å². The number of nitrogens with zero attached hydrogens (tertiary/aromatic N) is 2. The third kappa shape index (κ3) is 4.50. The molecule has 0 spiro atoms. The summed E-state index contributed by atoms with van der Waals surface area (Å²) in [4.78, 5) is 14.6. The summed E-state index contributed by atoms with van der Waals surface area (Å²) >= 11 is 0. The minimum absolute atomic E-state index is 0.110. The first-order valence-corrected chi connectivity index (χ1v) is 11.1. The van der Waals surface area contributed by atoms with Crippen LogP contribution in [0.25, 0.3) is 10.8 Å². The van der Waals surface area contributed by atoms with E-state index in [0.717, 1.165) is 46.3 Å². The Balaban J connectivity index is 1.76. The molecule has 0 radical (unpaired) electrons. The predicted octanol–water partition coefficient (Wildman–Crippen LogP) is 5.57. The van der Waals surface area contributed by atoms with E-state index in [-0.39, 0.29) is 16.3 Å². The molecule has 7 nitrogen and oxygen atoms in total. The van der Waals surface area contributed by atoms with Crippen molar-refractivity contribution in [2.75, 3.05) is 0 Å². The Morgan fingerprint density at radius 1 is 0.938 bits per heavy atom. The quantitative estimate of drug-likeness (QED) is 0.167. The van der Waals surface area contributed by atoms with E-state index in [0.29, 0.717) is 5.56 Å². The molecule has 0 atom stereocenters. The van der Waals surface area contributed by atoms with E-state index in [4.69, 9.17) is 4.18 Å². The summed E-state index contributed by atoms with van der Waals surface area (Å²) in [7, 11) is -4.22. The molecule has 0 N–H and O–H groups in total. The number of fused-ring (bicyclic) bond motifs is 1.